The lowest BCUT2D eigenvalue weighted by molar-refractivity contribution is 0.102. The van der Waals surface area contributed by atoms with E-state index in [-0.39, 0.29) is 24.1 Å². The molecule has 5 aromatic rings. The van der Waals surface area contributed by atoms with Crippen molar-refractivity contribution in [2.45, 2.75) is 33.2 Å². The molecule has 0 saturated carbocycles. The fourth-order valence-corrected chi connectivity index (χ4v) is 3.78. The lowest BCUT2D eigenvalue weighted by Crippen LogP contribution is -2.21. The van der Waals surface area contributed by atoms with E-state index in [0.29, 0.717) is 33.7 Å². The standard InChI is InChI=1S/C24H22N6O3/c1-14(2)19-12-18(21-15(3)28-33-23(21)26-19)22(31)25-17-8-6-7-16(11-17)13-30-24(32)29-10-5-4-9-20(29)27-30/h4-12,14H,13H2,1-3H3,(H,25,31). The summed E-state index contributed by atoms with van der Waals surface area (Å²) in [5, 5.41) is 11.9. The molecule has 0 atom stereocenters. The van der Waals surface area contributed by atoms with E-state index in [9.17, 15) is 9.59 Å². The number of nitrogens with one attached hydrogen (secondary N) is 1. The number of nitrogens with zero attached hydrogens (tertiary/aromatic N) is 5. The number of rotatable bonds is 5. The topological polar surface area (TPSA) is 107 Å². The molecule has 9 nitrogen and oxygen atoms in total. The molecule has 0 spiro atoms. The smallest absolute Gasteiger partial charge is 0.336 e. The number of hydrogen-bond donors (Lipinski definition) is 1. The van der Waals surface area contributed by atoms with Crippen LogP contribution in [0.1, 0.15) is 47.1 Å². The van der Waals surface area contributed by atoms with Crippen LogP contribution in [0.3, 0.4) is 0 Å². The monoisotopic (exact) mass is 442 g/mol. The Kier molecular flexibility index (Phi) is 5.01. The third kappa shape index (κ3) is 3.78. The van der Waals surface area contributed by atoms with Crippen molar-refractivity contribution in [1.29, 1.82) is 0 Å². The number of carbonyl (C=O) groups excluding carboxylic acids is 1. The van der Waals surface area contributed by atoms with Gasteiger partial charge in [0.2, 0.25) is 0 Å². The first-order valence-corrected chi connectivity index (χ1v) is 10.6. The molecule has 4 heterocycles. The molecule has 0 saturated heterocycles. The summed E-state index contributed by atoms with van der Waals surface area (Å²) in [6, 6.07) is 14.5. The number of fused-ring (bicyclic) bond motifs is 2. The van der Waals surface area contributed by atoms with E-state index in [1.54, 1.807) is 37.4 Å². The van der Waals surface area contributed by atoms with Gasteiger partial charge in [0.15, 0.2) is 5.65 Å². The number of aromatic nitrogens is 5. The highest BCUT2D eigenvalue weighted by Gasteiger charge is 2.20. The Morgan fingerprint density at radius 1 is 1.15 bits per heavy atom. The third-order valence-electron chi connectivity index (χ3n) is 5.48. The second-order valence-corrected chi connectivity index (χ2v) is 8.22. The van der Waals surface area contributed by atoms with Gasteiger partial charge in [-0.15, -0.1) is 5.10 Å². The molecule has 1 aromatic carbocycles. The van der Waals surface area contributed by atoms with Gasteiger partial charge in [-0.25, -0.2) is 14.5 Å². The lowest BCUT2D eigenvalue weighted by atomic mass is 10.0. The summed E-state index contributed by atoms with van der Waals surface area (Å²) in [6.07, 6.45) is 1.69. The van der Waals surface area contributed by atoms with Crippen LogP contribution in [0.15, 0.2) is 64.0 Å². The van der Waals surface area contributed by atoms with Crippen molar-refractivity contribution in [3.05, 3.63) is 87.7 Å². The molecule has 5 rings (SSSR count). The molecule has 1 N–H and O–H groups in total. The van der Waals surface area contributed by atoms with Gasteiger partial charge in [0.1, 0.15) is 0 Å². The lowest BCUT2D eigenvalue weighted by Gasteiger charge is -2.10. The van der Waals surface area contributed by atoms with Crippen LogP contribution < -0.4 is 11.0 Å². The van der Waals surface area contributed by atoms with E-state index < -0.39 is 0 Å². The van der Waals surface area contributed by atoms with Gasteiger partial charge >= 0.3 is 5.69 Å². The fraction of sp³-hybridized carbons (Fsp3) is 0.208. The minimum Gasteiger partial charge on any atom is -0.336 e. The minimum atomic E-state index is -0.280. The van der Waals surface area contributed by atoms with Gasteiger partial charge in [0.05, 0.1) is 23.2 Å². The van der Waals surface area contributed by atoms with E-state index in [2.05, 4.69) is 20.6 Å². The van der Waals surface area contributed by atoms with Crippen molar-refractivity contribution in [1.82, 2.24) is 24.3 Å². The summed E-state index contributed by atoms with van der Waals surface area (Å²) in [4.78, 5) is 30.3. The second kappa shape index (κ2) is 8.01. The fourth-order valence-electron chi connectivity index (χ4n) is 3.78. The summed E-state index contributed by atoms with van der Waals surface area (Å²) in [7, 11) is 0. The highest BCUT2D eigenvalue weighted by atomic mass is 16.5. The van der Waals surface area contributed by atoms with E-state index in [1.807, 2.05) is 38.1 Å². The second-order valence-electron chi connectivity index (χ2n) is 8.22. The van der Waals surface area contributed by atoms with Gasteiger partial charge in [-0.05, 0) is 48.7 Å². The molecule has 0 radical (unpaired) electrons. The van der Waals surface area contributed by atoms with Gasteiger partial charge < -0.3 is 9.84 Å². The molecule has 9 heteroatoms. The Morgan fingerprint density at radius 2 is 2.00 bits per heavy atom. The van der Waals surface area contributed by atoms with Gasteiger partial charge in [-0.3, -0.25) is 9.20 Å². The summed E-state index contributed by atoms with van der Waals surface area (Å²) >= 11 is 0. The molecule has 0 unspecified atom stereocenters. The zero-order valence-electron chi connectivity index (χ0n) is 18.4. The maximum absolute atomic E-state index is 13.2. The first-order valence-electron chi connectivity index (χ1n) is 10.6. The number of hydrogen-bond acceptors (Lipinski definition) is 6. The molecule has 0 fully saturated rings. The molecular weight excluding hydrogens is 420 g/mol. The largest absolute Gasteiger partial charge is 0.350 e. The Morgan fingerprint density at radius 3 is 2.79 bits per heavy atom. The van der Waals surface area contributed by atoms with Crippen LogP contribution in [0, 0.1) is 6.92 Å². The highest BCUT2D eigenvalue weighted by Crippen LogP contribution is 2.26. The van der Waals surface area contributed by atoms with Crippen LogP contribution in [-0.4, -0.2) is 30.2 Å². The van der Waals surface area contributed by atoms with Crippen LogP contribution in [0.4, 0.5) is 5.69 Å². The summed E-state index contributed by atoms with van der Waals surface area (Å²) in [6.45, 7) is 6.08. The Balaban J connectivity index is 1.44. The number of benzene rings is 1. The summed E-state index contributed by atoms with van der Waals surface area (Å²) < 4.78 is 8.21. The van der Waals surface area contributed by atoms with Crippen molar-refractivity contribution in [2.24, 2.45) is 0 Å². The molecular formula is C24H22N6O3. The molecule has 0 bridgehead atoms. The van der Waals surface area contributed by atoms with Crippen LogP contribution in [0.5, 0.6) is 0 Å². The van der Waals surface area contributed by atoms with Crippen molar-refractivity contribution >= 4 is 28.3 Å². The molecule has 0 aliphatic rings. The first kappa shape index (κ1) is 20.6. The molecule has 1 amide bonds. The zero-order chi connectivity index (χ0) is 23.1. The van der Waals surface area contributed by atoms with Crippen molar-refractivity contribution in [3.8, 4) is 0 Å². The number of amides is 1. The molecule has 0 aliphatic carbocycles. The van der Waals surface area contributed by atoms with Gasteiger partial charge in [0.25, 0.3) is 11.6 Å². The van der Waals surface area contributed by atoms with Crippen molar-refractivity contribution in [3.63, 3.8) is 0 Å². The maximum atomic E-state index is 13.2. The Hall–Kier alpha value is -4.27. The number of carbonyl (C=O) groups is 1. The van der Waals surface area contributed by atoms with E-state index in [1.165, 1.54) is 9.08 Å². The maximum Gasteiger partial charge on any atom is 0.350 e. The normalized spacial score (nSPS) is 11.5. The van der Waals surface area contributed by atoms with E-state index >= 15 is 0 Å². The van der Waals surface area contributed by atoms with E-state index in [4.69, 9.17) is 4.52 Å². The van der Waals surface area contributed by atoms with E-state index in [0.717, 1.165) is 11.3 Å². The van der Waals surface area contributed by atoms with Crippen LogP contribution in [-0.2, 0) is 6.54 Å². The Bertz CT molecular complexity index is 1560. The third-order valence-corrected chi connectivity index (χ3v) is 5.48. The minimum absolute atomic E-state index is 0.124. The predicted octanol–water partition coefficient (Wildman–Crippen LogP) is 3.76. The number of anilines is 1. The highest BCUT2D eigenvalue weighted by molar-refractivity contribution is 6.12. The number of pyridine rings is 2. The zero-order valence-corrected chi connectivity index (χ0v) is 18.4. The van der Waals surface area contributed by atoms with Gasteiger partial charge in [-0.2, -0.15) is 0 Å². The summed E-state index contributed by atoms with van der Waals surface area (Å²) in [5.41, 5.74) is 3.98. The van der Waals surface area contributed by atoms with Crippen LogP contribution >= 0.6 is 0 Å². The van der Waals surface area contributed by atoms with Gasteiger partial charge in [0, 0.05) is 17.6 Å². The van der Waals surface area contributed by atoms with Gasteiger partial charge in [-0.1, -0.05) is 37.2 Å². The average molecular weight is 442 g/mol. The SMILES string of the molecule is Cc1noc2nc(C(C)C)cc(C(=O)Nc3cccc(Cn4nc5ccccn5c4=O)c3)c12. The van der Waals surface area contributed by atoms with Crippen LogP contribution in [0.25, 0.3) is 16.7 Å². The quantitative estimate of drug-likeness (QED) is 0.444. The van der Waals surface area contributed by atoms with Crippen molar-refractivity contribution in [2.75, 3.05) is 5.32 Å². The number of aryl methyl sites for hydroxylation is 1. The van der Waals surface area contributed by atoms with Crippen LogP contribution in [0.2, 0.25) is 0 Å². The predicted molar refractivity (Wildman–Crippen MR) is 124 cm³/mol. The molecule has 33 heavy (non-hydrogen) atoms. The summed E-state index contributed by atoms with van der Waals surface area (Å²) in [5.74, 6) is -0.156. The Labute approximate surface area is 188 Å². The first-order chi connectivity index (χ1) is 15.9. The molecule has 0 aliphatic heterocycles. The van der Waals surface area contributed by atoms with Crippen molar-refractivity contribution < 1.29 is 9.32 Å². The molecule has 166 valence electrons. The molecule has 4 aromatic heterocycles. The average Bonchev–Trinajstić information content (AvgIpc) is 3.33.